The Morgan fingerprint density at radius 1 is 1.21 bits per heavy atom. The zero-order valence-corrected chi connectivity index (χ0v) is 20.2. The minimum absolute atomic E-state index is 0. The molecule has 4 heterocycles. The van der Waals surface area contributed by atoms with Crippen molar-refractivity contribution >= 4 is 50.9 Å². The van der Waals surface area contributed by atoms with Crippen LogP contribution in [0.4, 0.5) is 10.2 Å². The van der Waals surface area contributed by atoms with Crippen LogP contribution in [-0.4, -0.2) is 46.5 Å². The fourth-order valence-corrected chi connectivity index (χ4v) is 5.45. The SMILES string of the molecule is Cl.O=S(=O)(Cc1ccccc1)n1cc(-c2ncc(F)c(N[C@H]3CCNC3)n2)c2cc(Cl)cnc21. The van der Waals surface area contributed by atoms with Gasteiger partial charge in [-0.25, -0.2) is 31.7 Å². The highest BCUT2D eigenvalue weighted by Gasteiger charge is 2.24. The molecular formula is C22H21Cl2FN6O2S. The van der Waals surface area contributed by atoms with Crippen LogP contribution in [0.5, 0.6) is 0 Å². The molecule has 178 valence electrons. The summed E-state index contributed by atoms with van der Waals surface area (Å²) >= 11 is 6.16. The van der Waals surface area contributed by atoms with Crippen LogP contribution in [0, 0.1) is 5.82 Å². The van der Waals surface area contributed by atoms with Crippen LogP contribution in [0.25, 0.3) is 22.4 Å². The Hall–Kier alpha value is -2.79. The highest BCUT2D eigenvalue weighted by molar-refractivity contribution is 7.89. The summed E-state index contributed by atoms with van der Waals surface area (Å²) in [6.07, 6.45) is 4.72. The second kappa shape index (κ2) is 9.83. The smallest absolute Gasteiger partial charge is 0.244 e. The maximum Gasteiger partial charge on any atom is 0.244 e. The van der Waals surface area contributed by atoms with Crippen LogP contribution in [-0.2, 0) is 15.8 Å². The molecule has 34 heavy (non-hydrogen) atoms. The van der Waals surface area contributed by atoms with Gasteiger partial charge in [0.15, 0.2) is 23.1 Å². The number of anilines is 1. The van der Waals surface area contributed by atoms with Crippen molar-refractivity contribution in [3.63, 3.8) is 0 Å². The minimum Gasteiger partial charge on any atom is -0.363 e. The number of hydrogen-bond acceptors (Lipinski definition) is 7. The molecule has 1 aliphatic heterocycles. The maximum absolute atomic E-state index is 14.4. The fraction of sp³-hybridized carbons (Fsp3) is 0.227. The molecule has 0 unspecified atom stereocenters. The third-order valence-electron chi connectivity index (χ3n) is 5.46. The second-order valence-corrected chi connectivity index (χ2v) is 10.1. The van der Waals surface area contributed by atoms with Gasteiger partial charge in [0, 0.05) is 35.9 Å². The number of benzene rings is 1. The Bertz CT molecular complexity index is 1430. The first-order chi connectivity index (χ1) is 15.9. The van der Waals surface area contributed by atoms with E-state index in [4.69, 9.17) is 11.6 Å². The van der Waals surface area contributed by atoms with E-state index in [2.05, 4.69) is 25.6 Å². The van der Waals surface area contributed by atoms with E-state index in [1.807, 2.05) is 6.07 Å². The van der Waals surface area contributed by atoms with Crippen molar-refractivity contribution < 1.29 is 12.8 Å². The van der Waals surface area contributed by atoms with Gasteiger partial charge in [-0.05, 0) is 24.6 Å². The summed E-state index contributed by atoms with van der Waals surface area (Å²) in [6, 6.07) is 10.5. The first-order valence-electron chi connectivity index (χ1n) is 10.3. The van der Waals surface area contributed by atoms with Gasteiger partial charge in [0.1, 0.15) is 0 Å². The summed E-state index contributed by atoms with van der Waals surface area (Å²) in [5.74, 6) is -0.556. The first-order valence-corrected chi connectivity index (χ1v) is 12.3. The number of halogens is 3. The molecule has 1 aliphatic rings. The van der Waals surface area contributed by atoms with Crippen LogP contribution < -0.4 is 10.6 Å². The van der Waals surface area contributed by atoms with Gasteiger partial charge in [-0.3, -0.25) is 0 Å². The predicted octanol–water partition coefficient (Wildman–Crippen LogP) is 3.86. The molecule has 1 atom stereocenters. The molecule has 1 saturated heterocycles. The molecule has 0 amide bonds. The van der Waals surface area contributed by atoms with Crippen molar-refractivity contribution in [2.24, 2.45) is 0 Å². The Morgan fingerprint density at radius 2 is 2.00 bits per heavy atom. The highest BCUT2D eigenvalue weighted by atomic mass is 35.5. The molecule has 0 aliphatic carbocycles. The normalized spacial score (nSPS) is 15.9. The largest absolute Gasteiger partial charge is 0.363 e. The Balaban J connectivity index is 0.00000274. The number of nitrogens with one attached hydrogen (secondary N) is 2. The maximum atomic E-state index is 14.4. The Labute approximate surface area is 207 Å². The van der Waals surface area contributed by atoms with Crippen LogP contribution >= 0.6 is 24.0 Å². The lowest BCUT2D eigenvalue weighted by Crippen LogP contribution is -2.23. The molecule has 0 radical (unpaired) electrons. The van der Waals surface area contributed by atoms with Crippen molar-refractivity contribution in [2.75, 3.05) is 18.4 Å². The summed E-state index contributed by atoms with van der Waals surface area (Å²) in [5, 5.41) is 7.09. The predicted molar refractivity (Wildman–Crippen MR) is 132 cm³/mol. The first kappa shape index (κ1) is 24.3. The van der Waals surface area contributed by atoms with E-state index in [1.54, 1.807) is 30.3 Å². The minimum atomic E-state index is -3.82. The molecule has 0 bridgehead atoms. The molecule has 2 N–H and O–H groups in total. The van der Waals surface area contributed by atoms with Crippen LogP contribution in [0.2, 0.25) is 5.02 Å². The summed E-state index contributed by atoms with van der Waals surface area (Å²) in [7, 11) is -3.82. The van der Waals surface area contributed by atoms with Gasteiger partial charge < -0.3 is 10.6 Å². The van der Waals surface area contributed by atoms with E-state index >= 15 is 0 Å². The van der Waals surface area contributed by atoms with Gasteiger partial charge in [0.25, 0.3) is 0 Å². The lowest BCUT2D eigenvalue weighted by atomic mass is 10.2. The third kappa shape index (κ3) is 4.85. The van der Waals surface area contributed by atoms with E-state index in [0.29, 0.717) is 28.1 Å². The van der Waals surface area contributed by atoms with Gasteiger partial charge in [0.2, 0.25) is 10.0 Å². The van der Waals surface area contributed by atoms with E-state index in [9.17, 15) is 12.8 Å². The average Bonchev–Trinajstić information content (AvgIpc) is 3.44. The number of nitrogens with zero attached hydrogens (tertiary/aromatic N) is 4. The summed E-state index contributed by atoms with van der Waals surface area (Å²) in [5.41, 5.74) is 1.24. The molecule has 4 aromatic rings. The molecule has 1 fully saturated rings. The van der Waals surface area contributed by atoms with E-state index in [-0.39, 0.29) is 41.5 Å². The second-order valence-electron chi connectivity index (χ2n) is 7.83. The van der Waals surface area contributed by atoms with Crippen molar-refractivity contribution in [3.8, 4) is 11.4 Å². The number of fused-ring (bicyclic) bond motifs is 1. The number of rotatable bonds is 6. The Kier molecular flexibility index (Phi) is 7.04. The number of hydrogen-bond donors (Lipinski definition) is 2. The number of pyridine rings is 1. The van der Waals surface area contributed by atoms with Crippen molar-refractivity contribution in [2.45, 2.75) is 18.2 Å². The summed E-state index contributed by atoms with van der Waals surface area (Å²) in [4.78, 5) is 12.7. The molecule has 0 spiro atoms. The van der Waals surface area contributed by atoms with E-state index in [1.165, 1.54) is 12.4 Å². The quantitative estimate of drug-likeness (QED) is 0.396. The molecule has 3 aromatic heterocycles. The topological polar surface area (TPSA) is 102 Å². The van der Waals surface area contributed by atoms with Crippen molar-refractivity contribution in [1.29, 1.82) is 0 Å². The van der Waals surface area contributed by atoms with Crippen molar-refractivity contribution in [1.82, 2.24) is 24.2 Å². The average molecular weight is 523 g/mol. The van der Waals surface area contributed by atoms with Crippen LogP contribution in [0.15, 0.2) is 55.0 Å². The molecular weight excluding hydrogens is 502 g/mol. The lowest BCUT2D eigenvalue weighted by Gasteiger charge is -2.13. The highest BCUT2D eigenvalue weighted by Crippen LogP contribution is 2.32. The van der Waals surface area contributed by atoms with Crippen LogP contribution in [0.3, 0.4) is 0 Å². The van der Waals surface area contributed by atoms with Gasteiger partial charge in [-0.2, -0.15) is 0 Å². The van der Waals surface area contributed by atoms with E-state index < -0.39 is 15.8 Å². The third-order valence-corrected chi connectivity index (χ3v) is 7.24. The standard InChI is InChI=1S/C22H20ClFN6O2S.ClH/c23-15-8-17-18(20-26-11-19(24)21(29-20)28-16-6-7-25-10-16)12-30(22(17)27-9-15)33(31,32)13-14-4-2-1-3-5-14;/h1-5,8-9,11-12,16,25H,6-7,10,13H2,(H,26,28,29);1H/t16-;/m0./s1. The number of aromatic nitrogens is 4. The van der Waals surface area contributed by atoms with E-state index in [0.717, 1.165) is 23.1 Å². The molecule has 0 saturated carbocycles. The summed E-state index contributed by atoms with van der Waals surface area (Å²) in [6.45, 7) is 1.55. The van der Waals surface area contributed by atoms with Crippen molar-refractivity contribution in [3.05, 3.63) is 71.4 Å². The van der Waals surface area contributed by atoms with Gasteiger partial charge >= 0.3 is 0 Å². The van der Waals surface area contributed by atoms with Gasteiger partial charge in [0.05, 0.1) is 17.0 Å². The van der Waals surface area contributed by atoms with Gasteiger partial charge in [-0.1, -0.05) is 41.9 Å². The lowest BCUT2D eigenvalue weighted by molar-refractivity contribution is 0.588. The summed E-state index contributed by atoms with van der Waals surface area (Å²) < 4.78 is 42.1. The Morgan fingerprint density at radius 3 is 2.74 bits per heavy atom. The monoisotopic (exact) mass is 522 g/mol. The molecule has 12 heteroatoms. The van der Waals surface area contributed by atoms with Gasteiger partial charge in [-0.15, -0.1) is 12.4 Å². The molecule has 8 nitrogen and oxygen atoms in total. The fourth-order valence-electron chi connectivity index (χ4n) is 3.87. The molecule has 1 aromatic carbocycles. The van der Waals surface area contributed by atoms with Crippen LogP contribution in [0.1, 0.15) is 12.0 Å². The zero-order chi connectivity index (χ0) is 23.0. The molecule has 5 rings (SSSR count). The zero-order valence-electron chi connectivity index (χ0n) is 17.8.